The summed E-state index contributed by atoms with van der Waals surface area (Å²) in [4.78, 5) is 31.2. The third-order valence-electron chi connectivity index (χ3n) is 5.45. The Morgan fingerprint density at radius 2 is 2.03 bits per heavy atom. The SMILES string of the molecule is Cc1ccc2c(n1)N(C)C(c1ccc(NC(=O)CC3CCCCO3)cc1)NC2=O. The highest BCUT2D eigenvalue weighted by molar-refractivity contribution is 6.01. The second kappa shape index (κ2) is 8.21. The van der Waals surface area contributed by atoms with Gasteiger partial charge in [-0.3, -0.25) is 9.59 Å². The molecule has 4 rings (SSSR count). The van der Waals surface area contributed by atoms with Gasteiger partial charge in [0.1, 0.15) is 12.0 Å². The molecule has 1 aromatic heterocycles. The van der Waals surface area contributed by atoms with E-state index in [2.05, 4.69) is 15.6 Å². The first-order valence-electron chi connectivity index (χ1n) is 10.0. The van der Waals surface area contributed by atoms with E-state index in [0.717, 1.165) is 42.8 Å². The lowest BCUT2D eigenvalue weighted by Gasteiger charge is -2.35. The zero-order valence-electron chi connectivity index (χ0n) is 16.8. The predicted octanol–water partition coefficient (Wildman–Crippen LogP) is 3.17. The molecule has 0 aliphatic carbocycles. The molecule has 2 aliphatic heterocycles. The Labute approximate surface area is 170 Å². The molecule has 2 atom stereocenters. The van der Waals surface area contributed by atoms with Crippen LogP contribution in [0.25, 0.3) is 0 Å². The Morgan fingerprint density at radius 1 is 1.24 bits per heavy atom. The molecular weight excluding hydrogens is 368 g/mol. The van der Waals surface area contributed by atoms with Gasteiger partial charge in [-0.2, -0.15) is 0 Å². The summed E-state index contributed by atoms with van der Waals surface area (Å²) in [6.07, 6.45) is 3.21. The number of aromatic nitrogens is 1. The van der Waals surface area contributed by atoms with Crippen molar-refractivity contribution in [1.82, 2.24) is 10.3 Å². The van der Waals surface area contributed by atoms with Crippen molar-refractivity contribution >= 4 is 23.3 Å². The fourth-order valence-corrected chi connectivity index (χ4v) is 3.85. The Balaban J connectivity index is 1.43. The van der Waals surface area contributed by atoms with Crippen LogP contribution in [0.2, 0.25) is 0 Å². The number of aryl methyl sites for hydroxylation is 1. The lowest BCUT2D eigenvalue weighted by Crippen LogP contribution is -2.45. The van der Waals surface area contributed by atoms with Crippen molar-refractivity contribution in [3.63, 3.8) is 0 Å². The van der Waals surface area contributed by atoms with E-state index in [1.807, 2.05) is 49.2 Å². The summed E-state index contributed by atoms with van der Waals surface area (Å²) in [6, 6.07) is 11.2. The van der Waals surface area contributed by atoms with Crippen LogP contribution in [0.4, 0.5) is 11.5 Å². The summed E-state index contributed by atoms with van der Waals surface area (Å²) < 4.78 is 5.63. The number of hydrogen-bond donors (Lipinski definition) is 2. The molecule has 2 unspecified atom stereocenters. The lowest BCUT2D eigenvalue weighted by atomic mass is 10.1. The second-order valence-corrected chi connectivity index (χ2v) is 7.67. The molecular formula is C22H26N4O3. The number of amides is 2. The van der Waals surface area contributed by atoms with Crippen molar-refractivity contribution in [3.8, 4) is 0 Å². The fraction of sp³-hybridized carbons (Fsp3) is 0.409. The van der Waals surface area contributed by atoms with Crippen molar-refractivity contribution in [1.29, 1.82) is 0 Å². The minimum absolute atomic E-state index is 0.0187. The van der Waals surface area contributed by atoms with Crippen LogP contribution in [-0.4, -0.2) is 36.6 Å². The number of carbonyl (C=O) groups excluding carboxylic acids is 2. The van der Waals surface area contributed by atoms with Gasteiger partial charge < -0.3 is 20.3 Å². The highest BCUT2D eigenvalue weighted by atomic mass is 16.5. The molecule has 7 heteroatoms. The van der Waals surface area contributed by atoms with E-state index < -0.39 is 0 Å². The Bertz CT molecular complexity index is 907. The van der Waals surface area contributed by atoms with Crippen molar-refractivity contribution in [2.45, 2.75) is 44.9 Å². The van der Waals surface area contributed by atoms with Gasteiger partial charge in [-0.1, -0.05) is 12.1 Å². The third kappa shape index (κ3) is 4.24. The van der Waals surface area contributed by atoms with Crippen LogP contribution < -0.4 is 15.5 Å². The van der Waals surface area contributed by atoms with Crippen molar-refractivity contribution in [2.24, 2.45) is 0 Å². The number of benzene rings is 1. The average molecular weight is 394 g/mol. The predicted molar refractivity (Wildman–Crippen MR) is 111 cm³/mol. The molecule has 29 heavy (non-hydrogen) atoms. The van der Waals surface area contributed by atoms with E-state index in [4.69, 9.17) is 4.74 Å². The Kier molecular flexibility index (Phi) is 5.49. The van der Waals surface area contributed by atoms with E-state index >= 15 is 0 Å². The number of ether oxygens (including phenoxy) is 1. The van der Waals surface area contributed by atoms with Crippen LogP contribution >= 0.6 is 0 Å². The van der Waals surface area contributed by atoms with E-state index in [0.29, 0.717) is 17.8 Å². The van der Waals surface area contributed by atoms with Gasteiger partial charge in [-0.15, -0.1) is 0 Å². The van der Waals surface area contributed by atoms with Gasteiger partial charge in [-0.25, -0.2) is 4.98 Å². The zero-order valence-corrected chi connectivity index (χ0v) is 16.8. The van der Waals surface area contributed by atoms with E-state index in [9.17, 15) is 9.59 Å². The van der Waals surface area contributed by atoms with Crippen molar-refractivity contribution in [2.75, 3.05) is 23.9 Å². The smallest absolute Gasteiger partial charge is 0.256 e. The van der Waals surface area contributed by atoms with Gasteiger partial charge in [0.15, 0.2) is 0 Å². The summed E-state index contributed by atoms with van der Waals surface area (Å²) in [5.41, 5.74) is 3.09. The monoisotopic (exact) mass is 394 g/mol. The minimum Gasteiger partial charge on any atom is -0.378 e. The molecule has 2 aromatic rings. The summed E-state index contributed by atoms with van der Waals surface area (Å²) in [6.45, 7) is 2.65. The topological polar surface area (TPSA) is 83.6 Å². The van der Waals surface area contributed by atoms with Crippen LogP contribution in [0.3, 0.4) is 0 Å². The maximum Gasteiger partial charge on any atom is 0.256 e. The number of hydrogen-bond acceptors (Lipinski definition) is 5. The molecule has 0 bridgehead atoms. The van der Waals surface area contributed by atoms with Gasteiger partial charge in [0, 0.05) is 25.0 Å². The maximum atomic E-state index is 12.5. The quantitative estimate of drug-likeness (QED) is 0.832. The van der Waals surface area contributed by atoms with E-state index in [1.54, 1.807) is 6.07 Å². The van der Waals surface area contributed by atoms with E-state index in [1.165, 1.54) is 0 Å². The highest BCUT2D eigenvalue weighted by Crippen LogP contribution is 2.30. The zero-order chi connectivity index (χ0) is 20.4. The summed E-state index contributed by atoms with van der Waals surface area (Å²) in [7, 11) is 1.91. The van der Waals surface area contributed by atoms with Crippen LogP contribution in [0.5, 0.6) is 0 Å². The normalized spacial score (nSPS) is 21.3. The molecule has 2 amide bonds. The molecule has 0 spiro atoms. The Morgan fingerprint density at radius 3 is 2.76 bits per heavy atom. The first kappa shape index (κ1) is 19.4. The number of anilines is 2. The molecule has 2 N–H and O–H groups in total. The van der Waals surface area contributed by atoms with Gasteiger partial charge in [0.05, 0.1) is 18.1 Å². The number of nitrogens with one attached hydrogen (secondary N) is 2. The summed E-state index contributed by atoms with van der Waals surface area (Å²) in [5.74, 6) is 0.491. The number of pyridine rings is 1. The van der Waals surface area contributed by atoms with Gasteiger partial charge in [-0.05, 0) is 56.0 Å². The molecule has 0 radical (unpaired) electrons. The summed E-state index contributed by atoms with van der Waals surface area (Å²) in [5, 5.41) is 5.95. The maximum absolute atomic E-state index is 12.5. The highest BCUT2D eigenvalue weighted by Gasteiger charge is 2.30. The van der Waals surface area contributed by atoms with Gasteiger partial charge in [0.25, 0.3) is 5.91 Å². The summed E-state index contributed by atoms with van der Waals surface area (Å²) >= 11 is 0. The molecule has 1 aromatic carbocycles. The molecule has 7 nitrogen and oxygen atoms in total. The first-order valence-corrected chi connectivity index (χ1v) is 10.0. The Hall–Kier alpha value is -2.93. The third-order valence-corrected chi connectivity index (χ3v) is 5.45. The number of nitrogens with zero attached hydrogens (tertiary/aromatic N) is 2. The van der Waals surface area contributed by atoms with Crippen LogP contribution in [0.15, 0.2) is 36.4 Å². The van der Waals surface area contributed by atoms with Crippen LogP contribution in [0, 0.1) is 6.92 Å². The molecule has 0 saturated carbocycles. The average Bonchev–Trinajstić information content (AvgIpc) is 2.72. The van der Waals surface area contributed by atoms with Gasteiger partial charge >= 0.3 is 0 Å². The first-order chi connectivity index (χ1) is 14.0. The minimum atomic E-state index is -0.315. The lowest BCUT2D eigenvalue weighted by molar-refractivity contribution is -0.119. The number of fused-ring (bicyclic) bond motifs is 1. The standard InChI is InChI=1S/C22H26N4O3/c1-14-6-11-18-21(23-14)26(2)20(25-22(18)28)15-7-9-16(10-8-15)24-19(27)13-17-5-3-4-12-29-17/h6-11,17,20H,3-5,12-13H2,1-2H3,(H,24,27)(H,25,28). The molecule has 152 valence electrons. The molecule has 1 fully saturated rings. The van der Waals surface area contributed by atoms with Crippen molar-refractivity contribution in [3.05, 3.63) is 53.2 Å². The molecule has 3 heterocycles. The molecule has 1 saturated heterocycles. The fourth-order valence-electron chi connectivity index (χ4n) is 3.85. The largest absolute Gasteiger partial charge is 0.378 e. The van der Waals surface area contributed by atoms with Gasteiger partial charge in [0.2, 0.25) is 5.91 Å². The number of rotatable bonds is 4. The molecule has 2 aliphatic rings. The van der Waals surface area contributed by atoms with E-state index in [-0.39, 0.29) is 24.1 Å². The van der Waals surface area contributed by atoms with Crippen LogP contribution in [0.1, 0.15) is 53.5 Å². The van der Waals surface area contributed by atoms with Crippen molar-refractivity contribution < 1.29 is 14.3 Å². The number of carbonyl (C=O) groups is 2. The second-order valence-electron chi connectivity index (χ2n) is 7.67. The van der Waals surface area contributed by atoms with Crippen LogP contribution in [-0.2, 0) is 9.53 Å².